The Morgan fingerprint density at radius 1 is 1.14 bits per heavy atom. The van der Waals surface area contributed by atoms with E-state index in [1.54, 1.807) is 13.0 Å². The average molecular weight is 601 g/mol. The Hall–Kier alpha value is -3.99. The molecule has 0 amide bonds. The van der Waals surface area contributed by atoms with Crippen LogP contribution in [0.5, 0.6) is 5.88 Å². The fraction of sp³-hybridized carbons (Fsp3) is 0.441. The summed E-state index contributed by atoms with van der Waals surface area (Å²) >= 11 is 0. The summed E-state index contributed by atoms with van der Waals surface area (Å²) in [4.78, 5) is 19.1. The van der Waals surface area contributed by atoms with E-state index >= 15 is 0 Å². The molecule has 1 aromatic carbocycles. The van der Waals surface area contributed by atoms with Gasteiger partial charge in [-0.3, -0.25) is 4.90 Å². The Kier molecular flexibility index (Phi) is 9.11. The number of hydrogen-bond donors (Lipinski definition) is 1. The summed E-state index contributed by atoms with van der Waals surface area (Å²) < 4.78 is 25.1. The van der Waals surface area contributed by atoms with Crippen molar-refractivity contribution in [2.45, 2.75) is 59.3 Å². The molecule has 0 unspecified atom stereocenters. The van der Waals surface area contributed by atoms with Gasteiger partial charge in [0, 0.05) is 25.2 Å². The van der Waals surface area contributed by atoms with Crippen molar-refractivity contribution in [2.75, 3.05) is 39.5 Å². The molecule has 2 aliphatic heterocycles. The zero-order chi connectivity index (χ0) is 30.6. The normalized spacial score (nSPS) is 19.0. The van der Waals surface area contributed by atoms with Crippen LogP contribution in [-0.2, 0) is 33.8 Å². The number of benzene rings is 1. The van der Waals surface area contributed by atoms with Gasteiger partial charge in [-0.1, -0.05) is 24.3 Å². The van der Waals surface area contributed by atoms with Gasteiger partial charge in [-0.05, 0) is 80.0 Å². The molecule has 10 heteroatoms. The van der Waals surface area contributed by atoms with Gasteiger partial charge in [0.2, 0.25) is 5.88 Å². The van der Waals surface area contributed by atoms with Crippen molar-refractivity contribution in [2.24, 2.45) is 0 Å². The van der Waals surface area contributed by atoms with Gasteiger partial charge < -0.3 is 24.1 Å². The molecule has 3 aromatic rings. The number of rotatable bonds is 10. The van der Waals surface area contributed by atoms with Crippen LogP contribution < -0.4 is 4.74 Å². The number of ether oxygens (including phenoxy) is 4. The summed E-state index contributed by atoms with van der Waals surface area (Å²) in [5.41, 5.74) is 8.13. The Morgan fingerprint density at radius 3 is 2.82 bits per heavy atom. The number of nitrogens with zero attached hydrogens (tertiary/aromatic N) is 4. The first-order valence-electron chi connectivity index (χ1n) is 15.4. The predicted octanol–water partition coefficient (Wildman–Crippen LogP) is 5.11. The molecule has 10 nitrogen and oxygen atoms in total. The minimum Gasteiger partial charge on any atom is -0.488 e. The number of aromatic nitrogens is 3. The van der Waals surface area contributed by atoms with Crippen LogP contribution in [0.2, 0.25) is 0 Å². The number of hydrogen-bond acceptors (Lipinski definition) is 8. The summed E-state index contributed by atoms with van der Waals surface area (Å²) in [5, 5.41) is 13.9. The van der Waals surface area contributed by atoms with Crippen LogP contribution >= 0.6 is 0 Å². The molecular weight excluding hydrogens is 560 g/mol. The molecular formula is C34H40N4O6. The van der Waals surface area contributed by atoms with Gasteiger partial charge in [-0.2, -0.15) is 9.78 Å². The van der Waals surface area contributed by atoms with Crippen LogP contribution in [0.3, 0.4) is 0 Å². The van der Waals surface area contributed by atoms with Gasteiger partial charge in [-0.15, -0.1) is 0 Å². The standard InChI is InChI=1S/C34H40N4O6/c1-4-42-33-29(34(39)40)17-35-38(33)31-10-6-9-30(36-31)28-8-5-7-22(2)32(28)44-20-25-12-11-24-18-37(14-13-27(24)23(25)3)19-26-21-41-15-16-43-26/h6,8-12,17,26H,4-5,7,13-16,18-21H2,1-3H3,(H,39,40)/t26-/m1/s1. The Labute approximate surface area is 257 Å². The summed E-state index contributed by atoms with van der Waals surface area (Å²) in [7, 11) is 0. The minimum atomic E-state index is -1.10. The van der Waals surface area contributed by atoms with Gasteiger partial charge >= 0.3 is 5.97 Å². The smallest absolute Gasteiger partial charge is 0.342 e. The SMILES string of the molecule is CCOc1c(C(=O)O)cnn1-c1cccc(C2=CCCC(C)=C2OCc2ccc3c(c2C)CCN(C[C@@H]2COCCO2)C3)n1. The van der Waals surface area contributed by atoms with Crippen LogP contribution in [-0.4, -0.2) is 76.4 Å². The van der Waals surface area contributed by atoms with E-state index in [1.807, 2.05) is 12.1 Å². The first-order valence-corrected chi connectivity index (χ1v) is 15.4. The number of aromatic carboxylic acids is 1. The van der Waals surface area contributed by atoms with Crippen molar-refractivity contribution in [3.63, 3.8) is 0 Å². The van der Waals surface area contributed by atoms with Gasteiger partial charge in [-0.25, -0.2) is 9.78 Å². The van der Waals surface area contributed by atoms with E-state index in [1.165, 1.54) is 38.7 Å². The van der Waals surface area contributed by atoms with E-state index in [9.17, 15) is 9.90 Å². The second-order valence-electron chi connectivity index (χ2n) is 11.5. The monoisotopic (exact) mass is 600 g/mol. The number of allylic oxidation sites excluding steroid dienone is 3. The Morgan fingerprint density at radius 2 is 2.02 bits per heavy atom. The van der Waals surface area contributed by atoms with Crippen LogP contribution in [0, 0.1) is 6.92 Å². The van der Waals surface area contributed by atoms with Crippen LogP contribution in [0.1, 0.15) is 65.0 Å². The van der Waals surface area contributed by atoms with Gasteiger partial charge in [0.25, 0.3) is 0 Å². The second-order valence-corrected chi connectivity index (χ2v) is 11.5. The molecule has 6 rings (SSSR count). The molecule has 1 fully saturated rings. The molecule has 1 aliphatic carbocycles. The molecule has 0 bridgehead atoms. The number of fused-ring (bicyclic) bond motifs is 1. The summed E-state index contributed by atoms with van der Waals surface area (Å²) in [6, 6.07) is 10.1. The highest BCUT2D eigenvalue weighted by atomic mass is 16.6. The molecule has 0 saturated carbocycles. The highest BCUT2D eigenvalue weighted by molar-refractivity contribution is 5.90. The first kappa shape index (κ1) is 30.1. The van der Waals surface area contributed by atoms with Crippen molar-refractivity contribution < 1.29 is 28.8 Å². The maximum atomic E-state index is 11.7. The van der Waals surface area contributed by atoms with Crippen molar-refractivity contribution >= 4 is 11.5 Å². The van der Waals surface area contributed by atoms with Crippen LogP contribution in [0.25, 0.3) is 11.4 Å². The molecule has 1 saturated heterocycles. The topological polar surface area (TPSA) is 108 Å². The van der Waals surface area contributed by atoms with E-state index < -0.39 is 5.97 Å². The third-order valence-corrected chi connectivity index (χ3v) is 8.56. The number of pyridine rings is 1. The average Bonchev–Trinajstić information content (AvgIpc) is 3.46. The predicted molar refractivity (Wildman–Crippen MR) is 165 cm³/mol. The Balaban J connectivity index is 1.18. The third-order valence-electron chi connectivity index (χ3n) is 8.56. The van der Waals surface area contributed by atoms with E-state index in [0.717, 1.165) is 55.9 Å². The lowest BCUT2D eigenvalue weighted by atomic mass is 9.91. The Bertz CT molecular complexity index is 1590. The first-order chi connectivity index (χ1) is 21.4. The van der Waals surface area contributed by atoms with Gasteiger partial charge in [0.1, 0.15) is 17.9 Å². The fourth-order valence-corrected chi connectivity index (χ4v) is 6.24. The molecule has 1 atom stereocenters. The van der Waals surface area contributed by atoms with E-state index in [-0.39, 0.29) is 17.5 Å². The molecule has 2 aromatic heterocycles. The van der Waals surface area contributed by atoms with Crippen molar-refractivity contribution in [1.82, 2.24) is 19.7 Å². The quantitative estimate of drug-likeness (QED) is 0.340. The maximum absolute atomic E-state index is 11.7. The second kappa shape index (κ2) is 13.3. The molecule has 44 heavy (non-hydrogen) atoms. The number of carboxylic acids is 1. The third kappa shape index (κ3) is 6.29. The summed E-state index contributed by atoms with van der Waals surface area (Å²) in [6.45, 7) is 11.8. The van der Waals surface area contributed by atoms with Crippen LogP contribution in [0.4, 0.5) is 0 Å². The van der Waals surface area contributed by atoms with E-state index in [4.69, 9.17) is 23.9 Å². The molecule has 1 N–H and O–H groups in total. The van der Waals surface area contributed by atoms with Gasteiger partial charge in [0.15, 0.2) is 5.82 Å². The van der Waals surface area contributed by atoms with E-state index in [0.29, 0.717) is 38.9 Å². The maximum Gasteiger partial charge on any atom is 0.342 e. The molecule has 0 radical (unpaired) electrons. The highest BCUT2D eigenvalue weighted by Crippen LogP contribution is 2.35. The molecule has 4 heterocycles. The summed E-state index contributed by atoms with van der Waals surface area (Å²) in [6.07, 6.45) is 6.42. The minimum absolute atomic E-state index is 0.00309. The van der Waals surface area contributed by atoms with Crippen molar-refractivity contribution in [3.8, 4) is 11.7 Å². The zero-order valence-electron chi connectivity index (χ0n) is 25.7. The van der Waals surface area contributed by atoms with E-state index in [2.05, 4.69) is 42.1 Å². The number of carboxylic acid groups (broad SMARTS) is 1. The fourth-order valence-electron chi connectivity index (χ4n) is 6.24. The lowest BCUT2D eigenvalue weighted by Gasteiger charge is -2.34. The lowest BCUT2D eigenvalue weighted by molar-refractivity contribution is -0.0985. The zero-order valence-corrected chi connectivity index (χ0v) is 25.7. The molecule has 0 spiro atoms. The largest absolute Gasteiger partial charge is 0.488 e. The molecule has 232 valence electrons. The van der Waals surface area contributed by atoms with Crippen molar-refractivity contribution in [1.29, 1.82) is 0 Å². The molecule has 3 aliphatic rings. The number of carbonyl (C=O) groups is 1. The van der Waals surface area contributed by atoms with Gasteiger partial charge in [0.05, 0.1) is 44.4 Å². The summed E-state index contributed by atoms with van der Waals surface area (Å²) in [5.74, 6) is 0.381. The lowest BCUT2D eigenvalue weighted by Crippen LogP contribution is -2.42. The highest BCUT2D eigenvalue weighted by Gasteiger charge is 2.25. The van der Waals surface area contributed by atoms with Crippen LogP contribution in [0.15, 0.2) is 53.9 Å². The van der Waals surface area contributed by atoms with Crippen molar-refractivity contribution in [3.05, 3.63) is 87.4 Å².